The molecule has 1 aliphatic heterocycles. The maximum absolute atomic E-state index is 10.3. The van der Waals surface area contributed by atoms with Crippen molar-refractivity contribution in [1.29, 1.82) is 0 Å². The van der Waals surface area contributed by atoms with Gasteiger partial charge in [0.15, 0.2) is 0 Å². The summed E-state index contributed by atoms with van der Waals surface area (Å²) in [5, 5.41) is 10.3. The van der Waals surface area contributed by atoms with Crippen LogP contribution in [0.25, 0.3) is 0 Å². The fourth-order valence-electron chi connectivity index (χ4n) is 4.92. The average molecular weight is 312 g/mol. The minimum atomic E-state index is -0.349. The highest BCUT2D eigenvalue weighted by molar-refractivity contribution is 4.84. The third kappa shape index (κ3) is 5.82. The van der Waals surface area contributed by atoms with E-state index in [4.69, 9.17) is 4.74 Å². The van der Waals surface area contributed by atoms with Crippen molar-refractivity contribution in [3.8, 4) is 0 Å². The third-order valence-corrected chi connectivity index (χ3v) is 5.28. The van der Waals surface area contributed by atoms with Crippen LogP contribution in [-0.4, -0.2) is 48.5 Å². The van der Waals surface area contributed by atoms with Crippen LogP contribution in [-0.2, 0) is 4.74 Å². The van der Waals surface area contributed by atoms with Gasteiger partial charge in [0.25, 0.3) is 0 Å². The second kappa shape index (κ2) is 7.63. The van der Waals surface area contributed by atoms with Crippen LogP contribution in [0.4, 0.5) is 0 Å². The molecule has 22 heavy (non-hydrogen) atoms. The predicted octanol–water partition coefficient (Wildman–Crippen LogP) is 3.56. The maximum Gasteiger partial charge on any atom is 0.0900 e. The Balaban J connectivity index is 1.72. The van der Waals surface area contributed by atoms with Crippen molar-refractivity contribution < 1.29 is 9.84 Å². The van der Waals surface area contributed by atoms with Crippen LogP contribution in [0.1, 0.15) is 60.3 Å². The van der Waals surface area contributed by atoms with E-state index in [-0.39, 0.29) is 6.10 Å². The van der Waals surface area contributed by atoms with Gasteiger partial charge >= 0.3 is 0 Å². The molecule has 2 aliphatic rings. The summed E-state index contributed by atoms with van der Waals surface area (Å²) < 4.78 is 6.07. The molecular formula is C19H37NO2. The number of aliphatic hydroxyl groups is 1. The highest BCUT2D eigenvalue weighted by atomic mass is 16.5. The summed E-state index contributed by atoms with van der Waals surface area (Å²) in [6.07, 6.45) is 4.86. The van der Waals surface area contributed by atoms with Crippen molar-refractivity contribution in [3.63, 3.8) is 0 Å². The van der Waals surface area contributed by atoms with Gasteiger partial charge in [-0.3, -0.25) is 0 Å². The van der Waals surface area contributed by atoms with Crippen molar-refractivity contribution in [2.24, 2.45) is 23.2 Å². The van der Waals surface area contributed by atoms with Gasteiger partial charge in [0.2, 0.25) is 0 Å². The molecule has 2 fully saturated rings. The van der Waals surface area contributed by atoms with E-state index in [1.54, 1.807) is 0 Å². The lowest BCUT2D eigenvalue weighted by Crippen LogP contribution is -2.44. The summed E-state index contributed by atoms with van der Waals surface area (Å²) in [6.45, 7) is 15.1. The normalized spacial score (nSPS) is 37.9. The zero-order valence-electron chi connectivity index (χ0n) is 15.3. The molecule has 0 radical (unpaired) electrons. The van der Waals surface area contributed by atoms with Gasteiger partial charge in [-0.15, -0.1) is 0 Å². The molecule has 0 aromatic heterocycles. The van der Waals surface area contributed by atoms with Gasteiger partial charge in [0, 0.05) is 19.6 Å². The van der Waals surface area contributed by atoms with E-state index in [1.165, 1.54) is 12.8 Å². The Morgan fingerprint density at radius 3 is 2.27 bits per heavy atom. The molecule has 1 aliphatic carbocycles. The zero-order valence-corrected chi connectivity index (χ0v) is 15.3. The lowest BCUT2D eigenvalue weighted by molar-refractivity contribution is -0.0641. The van der Waals surface area contributed by atoms with E-state index in [1.807, 2.05) is 0 Å². The molecule has 1 heterocycles. The van der Waals surface area contributed by atoms with Gasteiger partial charge in [0.05, 0.1) is 18.8 Å². The Hall–Kier alpha value is -0.120. The first-order valence-electron chi connectivity index (χ1n) is 9.25. The van der Waals surface area contributed by atoms with Crippen molar-refractivity contribution >= 4 is 0 Å². The van der Waals surface area contributed by atoms with Crippen LogP contribution in [0.15, 0.2) is 0 Å². The molecule has 3 nitrogen and oxygen atoms in total. The van der Waals surface area contributed by atoms with Gasteiger partial charge < -0.3 is 14.7 Å². The highest BCUT2D eigenvalue weighted by Crippen LogP contribution is 2.39. The van der Waals surface area contributed by atoms with Gasteiger partial charge in [-0.2, -0.15) is 0 Å². The number of ether oxygens (including phenoxy) is 1. The number of likely N-dealkylation sites (tertiary alicyclic amines) is 1. The van der Waals surface area contributed by atoms with Crippen molar-refractivity contribution in [2.45, 2.75) is 72.5 Å². The van der Waals surface area contributed by atoms with Gasteiger partial charge in [-0.25, -0.2) is 0 Å². The minimum absolute atomic E-state index is 0.326. The Morgan fingerprint density at radius 2 is 1.68 bits per heavy atom. The molecule has 3 heteroatoms. The molecule has 2 rings (SSSR count). The second-order valence-electron chi connectivity index (χ2n) is 9.19. The highest BCUT2D eigenvalue weighted by Gasteiger charge is 2.33. The molecule has 1 N–H and O–H groups in total. The SMILES string of the molecule is C[C@@H]1C[C@H](C)CN(C[C@@H](O)CO[C@H]2C[C@H](C)CC(C)(C)C2)C1. The van der Waals surface area contributed by atoms with Crippen molar-refractivity contribution in [1.82, 2.24) is 4.90 Å². The molecule has 5 atom stereocenters. The summed E-state index contributed by atoms with van der Waals surface area (Å²) >= 11 is 0. The topological polar surface area (TPSA) is 32.7 Å². The van der Waals surface area contributed by atoms with Crippen LogP contribution >= 0.6 is 0 Å². The minimum Gasteiger partial charge on any atom is -0.389 e. The van der Waals surface area contributed by atoms with Gasteiger partial charge in [-0.05, 0) is 48.9 Å². The predicted molar refractivity (Wildman–Crippen MR) is 91.9 cm³/mol. The van der Waals surface area contributed by atoms with E-state index in [9.17, 15) is 5.11 Å². The van der Waals surface area contributed by atoms with E-state index in [2.05, 4.69) is 39.5 Å². The van der Waals surface area contributed by atoms with E-state index < -0.39 is 0 Å². The summed E-state index contributed by atoms with van der Waals surface area (Å²) in [5.74, 6) is 2.23. The molecular weight excluding hydrogens is 274 g/mol. The lowest BCUT2D eigenvalue weighted by Gasteiger charge is -2.39. The molecule has 0 unspecified atom stereocenters. The van der Waals surface area contributed by atoms with Crippen LogP contribution in [0, 0.1) is 23.2 Å². The lowest BCUT2D eigenvalue weighted by atomic mass is 9.71. The van der Waals surface area contributed by atoms with Crippen LogP contribution in [0.2, 0.25) is 0 Å². The van der Waals surface area contributed by atoms with Crippen LogP contribution in [0.3, 0.4) is 0 Å². The largest absolute Gasteiger partial charge is 0.389 e. The molecule has 1 saturated carbocycles. The maximum atomic E-state index is 10.3. The fraction of sp³-hybridized carbons (Fsp3) is 1.00. The van der Waals surface area contributed by atoms with Crippen molar-refractivity contribution in [3.05, 3.63) is 0 Å². The first kappa shape index (κ1) is 18.2. The Kier molecular flexibility index (Phi) is 6.32. The number of hydrogen-bond donors (Lipinski definition) is 1. The zero-order chi connectivity index (χ0) is 16.3. The first-order valence-corrected chi connectivity index (χ1v) is 9.25. The van der Waals surface area contributed by atoms with E-state index in [0.717, 1.165) is 50.2 Å². The number of nitrogens with zero attached hydrogens (tertiary/aromatic N) is 1. The Bertz CT molecular complexity index is 334. The number of hydrogen-bond acceptors (Lipinski definition) is 3. The van der Waals surface area contributed by atoms with E-state index in [0.29, 0.717) is 18.1 Å². The monoisotopic (exact) mass is 311 g/mol. The quantitative estimate of drug-likeness (QED) is 0.842. The number of aliphatic hydroxyl groups excluding tert-OH is 1. The summed E-state index contributed by atoms with van der Waals surface area (Å²) in [4.78, 5) is 2.42. The first-order chi connectivity index (χ1) is 10.2. The summed E-state index contributed by atoms with van der Waals surface area (Å²) in [7, 11) is 0. The third-order valence-electron chi connectivity index (χ3n) is 5.28. The average Bonchev–Trinajstić information content (AvgIpc) is 2.32. The second-order valence-corrected chi connectivity index (χ2v) is 9.19. The molecule has 130 valence electrons. The number of β-amino-alcohol motifs (C(OH)–C–C–N with tert-alkyl or cyclic N) is 1. The van der Waals surface area contributed by atoms with Gasteiger partial charge in [-0.1, -0.05) is 34.6 Å². The number of rotatable bonds is 5. The van der Waals surface area contributed by atoms with Crippen LogP contribution in [0.5, 0.6) is 0 Å². The van der Waals surface area contributed by atoms with Crippen LogP contribution < -0.4 is 0 Å². The Morgan fingerprint density at radius 1 is 1.05 bits per heavy atom. The summed E-state index contributed by atoms with van der Waals surface area (Å²) in [5.41, 5.74) is 0.380. The smallest absolute Gasteiger partial charge is 0.0900 e. The molecule has 0 bridgehead atoms. The molecule has 0 aromatic carbocycles. The standard InChI is InChI=1S/C19H37NO2/c1-14-7-18(9-19(4,5)8-14)22-13-17(21)12-20-10-15(2)6-16(3)11-20/h14-18,21H,6-13H2,1-5H3/t14-,15-,16+,17+,18-/m0/s1. The number of piperidine rings is 1. The Labute approximate surface area is 137 Å². The van der Waals surface area contributed by atoms with Gasteiger partial charge in [0.1, 0.15) is 0 Å². The molecule has 0 amide bonds. The molecule has 0 spiro atoms. The summed E-state index contributed by atoms with van der Waals surface area (Å²) in [6, 6.07) is 0. The van der Waals surface area contributed by atoms with Crippen molar-refractivity contribution in [2.75, 3.05) is 26.2 Å². The van der Waals surface area contributed by atoms with E-state index >= 15 is 0 Å². The molecule has 0 aromatic rings. The fourth-order valence-corrected chi connectivity index (χ4v) is 4.92. The molecule has 1 saturated heterocycles.